The van der Waals surface area contributed by atoms with Gasteiger partial charge in [0.05, 0.1) is 0 Å². The summed E-state index contributed by atoms with van der Waals surface area (Å²) in [5.74, 6) is 0. The number of hydrogen-bond donors (Lipinski definition) is 0. The molecule has 0 amide bonds. The van der Waals surface area contributed by atoms with Gasteiger partial charge in [-0.15, -0.1) is 0 Å². The molecule has 0 fully saturated rings. The molecule has 0 saturated carbocycles. The highest BCUT2D eigenvalue weighted by Crippen LogP contribution is 2.14. The van der Waals surface area contributed by atoms with Gasteiger partial charge in [-0.3, -0.25) is 0 Å². The number of hydrogen-bond acceptors (Lipinski definition) is 0. The molecule has 0 aromatic rings. The second-order valence-corrected chi connectivity index (χ2v) is 16.2. The SMILES string of the molecule is C[Si](C)(Cl)/C=C/[Si](C)(C)Cl.[Si]=[Si]. The highest BCUT2D eigenvalue weighted by molar-refractivity contribution is 7.25. The normalized spacial score (nSPS) is 12.5. The third-order valence-electron chi connectivity index (χ3n) is 0.876. The Hall–Kier alpha value is 1.19. The topological polar surface area (TPSA) is 0 Å². The Balaban J connectivity index is 0. The summed E-state index contributed by atoms with van der Waals surface area (Å²) in [6.45, 7) is 8.34. The highest BCUT2D eigenvalue weighted by Gasteiger charge is 2.16. The van der Waals surface area contributed by atoms with Crippen molar-refractivity contribution in [2.24, 2.45) is 0 Å². The van der Waals surface area contributed by atoms with Crippen molar-refractivity contribution in [2.75, 3.05) is 0 Å². The second kappa shape index (κ2) is 6.61. The lowest BCUT2D eigenvalue weighted by molar-refractivity contribution is 1.90. The standard InChI is InChI=1S/C6H14Cl2Si2.Si2/c1-9(2,7)5-6-10(3,4)8;1-2/h5-6H,1-4H3;/b6-5+;. The van der Waals surface area contributed by atoms with E-state index in [2.05, 4.69) is 56.3 Å². The van der Waals surface area contributed by atoms with Crippen LogP contribution in [0.3, 0.4) is 0 Å². The lowest BCUT2D eigenvalue weighted by Crippen LogP contribution is -2.18. The van der Waals surface area contributed by atoms with Gasteiger partial charge in [-0.05, 0) is 0 Å². The van der Waals surface area contributed by atoms with E-state index in [-0.39, 0.29) is 0 Å². The molecule has 0 aromatic carbocycles. The van der Waals surface area contributed by atoms with Crippen LogP contribution in [0.5, 0.6) is 0 Å². The lowest BCUT2D eigenvalue weighted by Gasteiger charge is -2.09. The molecule has 0 rings (SSSR count). The van der Waals surface area contributed by atoms with Crippen molar-refractivity contribution in [3.05, 3.63) is 11.4 Å². The maximum Gasteiger partial charge on any atom is 0.173 e. The predicted molar refractivity (Wildman–Crippen MR) is 67.3 cm³/mol. The minimum absolute atomic E-state index is 1.53. The van der Waals surface area contributed by atoms with Crippen LogP contribution in [0.1, 0.15) is 0 Å². The average molecular weight is 269 g/mol. The first kappa shape index (κ1) is 15.7. The molecule has 0 unspecified atom stereocenters. The summed E-state index contributed by atoms with van der Waals surface area (Å²) in [4.78, 5) is 0. The predicted octanol–water partition coefficient (Wildman–Crippen LogP) is 2.75. The van der Waals surface area contributed by atoms with Crippen molar-refractivity contribution >= 4 is 55.6 Å². The Morgan fingerprint density at radius 2 is 1.00 bits per heavy atom. The van der Waals surface area contributed by atoms with Gasteiger partial charge in [-0.1, -0.05) is 37.6 Å². The van der Waals surface area contributed by atoms with E-state index >= 15 is 0 Å². The Labute approximate surface area is 92.9 Å². The van der Waals surface area contributed by atoms with Gasteiger partial charge < -0.3 is 0 Å². The summed E-state index contributed by atoms with van der Waals surface area (Å²) >= 11 is 12.1. The molecular weight excluding hydrogens is 255 g/mol. The van der Waals surface area contributed by atoms with Crippen LogP contribution in [0.15, 0.2) is 11.4 Å². The van der Waals surface area contributed by atoms with E-state index in [0.717, 1.165) is 0 Å². The molecule has 4 radical (unpaired) electrons. The van der Waals surface area contributed by atoms with E-state index in [1.807, 2.05) is 0 Å². The van der Waals surface area contributed by atoms with E-state index in [0.29, 0.717) is 0 Å². The molecule has 0 spiro atoms. The van der Waals surface area contributed by atoms with Crippen molar-refractivity contribution < 1.29 is 0 Å². The van der Waals surface area contributed by atoms with Crippen LogP contribution in [0.25, 0.3) is 0 Å². The quantitative estimate of drug-likeness (QED) is 0.534. The van der Waals surface area contributed by atoms with E-state index in [1.165, 1.54) is 0 Å². The maximum atomic E-state index is 6.05. The Morgan fingerprint density at radius 1 is 0.833 bits per heavy atom. The van der Waals surface area contributed by atoms with Gasteiger partial charge >= 0.3 is 0 Å². The van der Waals surface area contributed by atoms with Gasteiger partial charge in [0.1, 0.15) is 0 Å². The van der Waals surface area contributed by atoms with Crippen LogP contribution in [-0.2, 0) is 0 Å². The molecule has 0 N–H and O–H groups in total. The molecule has 0 atom stereocenters. The van der Waals surface area contributed by atoms with Crippen molar-refractivity contribution in [2.45, 2.75) is 26.2 Å². The van der Waals surface area contributed by atoms with Gasteiger partial charge in [0.25, 0.3) is 0 Å². The maximum absolute atomic E-state index is 6.05. The monoisotopic (exact) mass is 268 g/mol. The Bertz CT molecular complexity index is 129. The fourth-order valence-electron chi connectivity index (χ4n) is 0.396. The molecule has 68 valence electrons. The molecule has 0 aliphatic carbocycles. The fraction of sp³-hybridized carbons (Fsp3) is 0.667. The molecule has 0 saturated heterocycles. The Kier molecular flexibility index (Phi) is 8.62. The summed E-state index contributed by atoms with van der Waals surface area (Å²) in [6, 6.07) is 0. The zero-order valence-corrected chi connectivity index (χ0v) is 13.4. The second-order valence-electron chi connectivity index (χ2n) is 3.46. The van der Waals surface area contributed by atoms with Gasteiger partial charge in [0, 0.05) is 18.7 Å². The summed E-state index contributed by atoms with van der Waals surface area (Å²) in [5, 5.41) is 0. The van der Waals surface area contributed by atoms with E-state index in [9.17, 15) is 0 Å². The van der Waals surface area contributed by atoms with Gasteiger partial charge in [-0.25, -0.2) is 0 Å². The molecular formula is C6H14Cl2Si4. The summed E-state index contributed by atoms with van der Waals surface area (Å²) in [6.07, 6.45) is 0. The molecule has 0 nitrogen and oxygen atoms in total. The third kappa shape index (κ3) is 17.3. The third-order valence-corrected chi connectivity index (χ3v) is 3.88. The van der Waals surface area contributed by atoms with Crippen LogP contribution in [0.4, 0.5) is 0 Å². The number of rotatable bonds is 2. The molecule has 6 heteroatoms. The average Bonchev–Trinajstić information content (AvgIpc) is 1.86. The van der Waals surface area contributed by atoms with Gasteiger partial charge in [-0.2, -0.15) is 22.2 Å². The first-order valence-electron chi connectivity index (χ1n) is 3.54. The van der Waals surface area contributed by atoms with E-state index in [1.54, 1.807) is 0 Å². The van der Waals surface area contributed by atoms with Crippen LogP contribution in [-0.4, -0.2) is 33.4 Å². The van der Waals surface area contributed by atoms with Gasteiger partial charge in [0.2, 0.25) is 0 Å². The minimum atomic E-state index is -1.53. The summed E-state index contributed by atoms with van der Waals surface area (Å²) < 4.78 is 0. The molecule has 0 heterocycles. The molecule has 12 heavy (non-hydrogen) atoms. The van der Waals surface area contributed by atoms with Crippen LogP contribution in [0.2, 0.25) is 26.2 Å². The van der Waals surface area contributed by atoms with Crippen molar-refractivity contribution in [1.82, 2.24) is 0 Å². The zero-order valence-electron chi connectivity index (χ0n) is 7.91. The number of halogens is 2. The summed E-state index contributed by atoms with van der Waals surface area (Å²) in [5.41, 5.74) is 4.21. The fourth-order valence-corrected chi connectivity index (χ4v) is 4.70. The molecule has 0 aliphatic rings. The van der Waals surface area contributed by atoms with Crippen molar-refractivity contribution in [3.63, 3.8) is 0 Å². The minimum Gasteiger partial charge on any atom is -0.162 e. The first-order chi connectivity index (χ1) is 5.21. The van der Waals surface area contributed by atoms with Crippen molar-refractivity contribution in [1.29, 1.82) is 0 Å². The van der Waals surface area contributed by atoms with Crippen molar-refractivity contribution in [3.8, 4) is 0 Å². The first-order valence-corrected chi connectivity index (χ1v) is 13.7. The van der Waals surface area contributed by atoms with Crippen LogP contribution >= 0.6 is 22.2 Å². The van der Waals surface area contributed by atoms with Crippen LogP contribution < -0.4 is 0 Å². The lowest BCUT2D eigenvalue weighted by atomic mass is 11.2. The molecule has 0 aliphatic heterocycles. The Morgan fingerprint density at radius 3 is 1.08 bits per heavy atom. The van der Waals surface area contributed by atoms with E-state index < -0.39 is 14.8 Å². The molecule has 0 aromatic heterocycles. The zero-order chi connectivity index (χ0) is 10.4. The van der Waals surface area contributed by atoms with Gasteiger partial charge in [0.15, 0.2) is 14.8 Å². The molecule has 0 bridgehead atoms. The van der Waals surface area contributed by atoms with Crippen LogP contribution in [0, 0.1) is 0 Å². The largest absolute Gasteiger partial charge is 0.173 e. The smallest absolute Gasteiger partial charge is 0.162 e. The highest BCUT2D eigenvalue weighted by atomic mass is 35.6. The van der Waals surface area contributed by atoms with E-state index in [4.69, 9.17) is 22.2 Å². The summed E-state index contributed by atoms with van der Waals surface area (Å²) in [7, 11) is 2.51.